The summed E-state index contributed by atoms with van der Waals surface area (Å²) in [6.45, 7) is 6.62. The highest BCUT2D eigenvalue weighted by atomic mass is 16.6. The first-order chi connectivity index (χ1) is 39.5. The number of esters is 3. The monoisotopic (exact) mass is 1120 g/mol. The molecule has 0 aliphatic rings. The van der Waals surface area contributed by atoms with Gasteiger partial charge in [-0.25, -0.2) is 0 Å². The number of hydrogen-bond acceptors (Lipinski definition) is 6. The van der Waals surface area contributed by atoms with Crippen LogP contribution in [0.4, 0.5) is 0 Å². The van der Waals surface area contributed by atoms with Crippen molar-refractivity contribution >= 4 is 17.9 Å². The number of unbranched alkanes of at least 4 members (excludes halogenated alkanes) is 41. The van der Waals surface area contributed by atoms with Gasteiger partial charge in [0.15, 0.2) is 6.10 Å². The second-order valence-corrected chi connectivity index (χ2v) is 23.4. The molecule has 0 bridgehead atoms. The molecule has 0 fully saturated rings. The van der Waals surface area contributed by atoms with E-state index in [9.17, 15) is 14.4 Å². The fourth-order valence-corrected chi connectivity index (χ4v) is 10.2. The van der Waals surface area contributed by atoms with Gasteiger partial charge in [-0.1, -0.05) is 318 Å². The zero-order valence-electron chi connectivity index (χ0n) is 53.3. The summed E-state index contributed by atoms with van der Waals surface area (Å²) in [5, 5.41) is 0. The Morgan fingerprint density at radius 2 is 0.450 bits per heavy atom. The number of allylic oxidation sites excluding steroid dienone is 12. The Morgan fingerprint density at radius 1 is 0.250 bits per heavy atom. The maximum absolute atomic E-state index is 12.9. The quantitative estimate of drug-likeness (QED) is 0.0261. The number of rotatable bonds is 64. The molecule has 464 valence electrons. The topological polar surface area (TPSA) is 78.9 Å². The molecule has 0 rings (SSSR count). The Morgan fingerprint density at radius 3 is 0.725 bits per heavy atom. The van der Waals surface area contributed by atoms with Gasteiger partial charge in [-0.2, -0.15) is 0 Å². The molecule has 0 aliphatic heterocycles. The summed E-state index contributed by atoms with van der Waals surface area (Å²) in [4.78, 5) is 38.5. The first-order valence-electron chi connectivity index (χ1n) is 34.9. The molecule has 1 unspecified atom stereocenters. The highest BCUT2D eigenvalue weighted by molar-refractivity contribution is 5.71. The molecule has 6 heteroatoms. The van der Waals surface area contributed by atoms with E-state index in [1.165, 1.54) is 218 Å². The van der Waals surface area contributed by atoms with Gasteiger partial charge >= 0.3 is 17.9 Å². The van der Waals surface area contributed by atoms with Crippen molar-refractivity contribution < 1.29 is 28.6 Å². The molecule has 0 amide bonds. The summed E-state index contributed by atoms with van der Waals surface area (Å²) in [5.74, 6) is -0.887. The predicted octanol–water partition coefficient (Wildman–Crippen LogP) is 24.1. The van der Waals surface area contributed by atoms with Crippen LogP contribution in [0.2, 0.25) is 0 Å². The minimum absolute atomic E-state index is 0.0821. The Bertz CT molecular complexity index is 1470. The van der Waals surface area contributed by atoms with Gasteiger partial charge in [0, 0.05) is 19.3 Å². The number of carbonyl (C=O) groups is 3. The van der Waals surface area contributed by atoms with Crippen LogP contribution >= 0.6 is 0 Å². The molecule has 0 radical (unpaired) electrons. The van der Waals surface area contributed by atoms with Crippen molar-refractivity contribution in [2.24, 2.45) is 0 Å². The van der Waals surface area contributed by atoms with Gasteiger partial charge in [0.2, 0.25) is 0 Å². The van der Waals surface area contributed by atoms with Crippen LogP contribution in [0.25, 0.3) is 0 Å². The standard InChI is InChI=1S/C74H132O6/c1-4-7-10-13-16-19-22-25-28-31-34-35-36-37-38-41-43-46-49-52-55-58-61-64-67-73(76)79-70-71(80-74(77)68-65-62-59-56-53-50-47-44-40-33-30-27-24-21-18-15-12-9-6-3)69-78-72(75)66-63-60-57-54-51-48-45-42-39-32-29-26-23-20-17-14-11-8-5-2/h17-18,20-21,26-27,29-30,39-40,42,44,71H,4-16,19,22-25,28,31-38,41,43,45-70H2,1-3H3/b20-17-,21-18-,29-26-,30-27-,42-39-,44-40-. The fourth-order valence-electron chi connectivity index (χ4n) is 10.2. The van der Waals surface area contributed by atoms with Crippen LogP contribution in [-0.4, -0.2) is 37.2 Å². The van der Waals surface area contributed by atoms with Crippen LogP contribution in [0.5, 0.6) is 0 Å². The summed E-state index contributed by atoms with van der Waals surface area (Å²) < 4.78 is 17.0. The molecule has 0 N–H and O–H groups in total. The van der Waals surface area contributed by atoms with E-state index in [1.54, 1.807) is 0 Å². The highest BCUT2D eigenvalue weighted by Crippen LogP contribution is 2.18. The zero-order chi connectivity index (χ0) is 57.8. The van der Waals surface area contributed by atoms with Crippen molar-refractivity contribution in [1.29, 1.82) is 0 Å². The first-order valence-corrected chi connectivity index (χ1v) is 34.9. The van der Waals surface area contributed by atoms with E-state index in [2.05, 4.69) is 93.7 Å². The number of carbonyl (C=O) groups excluding carboxylic acids is 3. The molecule has 0 spiro atoms. The van der Waals surface area contributed by atoms with E-state index < -0.39 is 6.10 Å². The summed E-state index contributed by atoms with van der Waals surface area (Å²) >= 11 is 0. The maximum Gasteiger partial charge on any atom is 0.306 e. The Balaban J connectivity index is 4.36. The van der Waals surface area contributed by atoms with Gasteiger partial charge in [-0.3, -0.25) is 14.4 Å². The van der Waals surface area contributed by atoms with Gasteiger partial charge in [0.1, 0.15) is 13.2 Å². The normalized spacial score (nSPS) is 12.5. The molecule has 1 atom stereocenters. The van der Waals surface area contributed by atoms with E-state index in [4.69, 9.17) is 14.2 Å². The lowest BCUT2D eigenvalue weighted by atomic mass is 10.0. The van der Waals surface area contributed by atoms with Crippen molar-refractivity contribution in [3.8, 4) is 0 Å². The molecule has 80 heavy (non-hydrogen) atoms. The zero-order valence-corrected chi connectivity index (χ0v) is 53.3. The summed E-state index contributed by atoms with van der Waals surface area (Å²) in [7, 11) is 0. The van der Waals surface area contributed by atoms with Crippen LogP contribution < -0.4 is 0 Å². The lowest BCUT2D eigenvalue weighted by Gasteiger charge is -2.18. The van der Waals surface area contributed by atoms with Crippen molar-refractivity contribution in [3.63, 3.8) is 0 Å². The van der Waals surface area contributed by atoms with Gasteiger partial charge in [0.05, 0.1) is 0 Å². The third kappa shape index (κ3) is 65.7. The lowest BCUT2D eigenvalue weighted by molar-refractivity contribution is -0.167. The molecule has 0 saturated heterocycles. The van der Waals surface area contributed by atoms with Gasteiger partial charge in [-0.05, 0) is 96.3 Å². The van der Waals surface area contributed by atoms with Gasteiger partial charge in [0.25, 0.3) is 0 Å². The molecule has 0 heterocycles. The van der Waals surface area contributed by atoms with Crippen LogP contribution in [-0.2, 0) is 28.6 Å². The fraction of sp³-hybridized carbons (Fsp3) is 0.797. The molecular weight excluding hydrogens is 985 g/mol. The Hall–Kier alpha value is -3.15. The first kappa shape index (κ1) is 76.9. The average Bonchev–Trinajstić information content (AvgIpc) is 3.46. The summed E-state index contributed by atoms with van der Waals surface area (Å²) in [5.41, 5.74) is 0. The largest absolute Gasteiger partial charge is 0.462 e. The van der Waals surface area contributed by atoms with Crippen LogP contribution in [0, 0.1) is 0 Å². The highest BCUT2D eigenvalue weighted by Gasteiger charge is 2.19. The van der Waals surface area contributed by atoms with Crippen LogP contribution in [0.15, 0.2) is 72.9 Å². The van der Waals surface area contributed by atoms with E-state index in [0.29, 0.717) is 19.3 Å². The number of hydrogen-bond donors (Lipinski definition) is 0. The van der Waals surface area contributed by atoms with E-state index in [0.717, 1.165) is 103 Å². The third-order valence-corrected chi connectivity index (χ3v) is 15.4. The lowest BCUT2D eigenvalue weighted by Crippen LogP contribution is -2.30. The van der Waals surface area contributed by atoms with Crippen LogP contribution in [0.3, 0.4) is 0 Å². The molecule has 0 saturated carbocycles. The third-order valence-electron chi connectivity index (χ3n) is 15.4. The van der Waals surface area contributed by atoms with E-state index >= 15 is 0 Å². The van der Waals surface area contributed by atoms with Crippen molar-refractivity contribution in [3.05, 3.63) is 72.9 Å². The average molecular weight is 1120 g/mol. The Labute approximate surface area is 497 Å². The molecule has 0 aromatic carbocycles. The predicted molar refractivity (Wildman–Crippen MR) is 348 cm³/mol. The summed E-state index contributed by atoms with van der Waals surface area (Å²) in [6, 6.07) is 0. The number of ether oxygens (including phenoxy) is 3. The maximum atomic E-state index is 12.9. The molecule has 0 aromatic heterocycles. The molecular formula is C74H132O6. The summed E-state index contributed by atoms with van der Waals surface area (Å²) in [6.07, 6.45) is 89.2. The van der Waals surface area contributed by atoms with Crippen LogP contribution in [0.1, 0.15) is 361 Å². The minimum Gasteiger partial charge on any atom is -0.462 e. The second-order valence-electron chi connectivity index (χ2n) is 23.4. The molecule has 6 nitrogen and oxygen atoms in total. The van der Waals surface area contributed by atoms with E-state index in [1.807, 2.05) is 0 Å². The van der Waals surface area contributed by atoms with E-state index in [-0.39, 0.29) is 31.1 Å². The second kappa shape index (κ2) is 68.3. The van der Waals surface area contributed by atoms with Crippen molar-refractivity contribution in [1.82, 2.24) is 0 Å². The molecule has 0 aliphatic carbocycles. The van der Waals surface area contributed by atoms with Crippen molar-refractivity contribution in [2.75, 3.05) is 13.2 Å². The van der Waals surface area contributed by atoms with Gasteiger partial charge in [-0.15, -0.1) is 0 Å². The smallest absolute Gasteiger partial charge is 0.306 e. The minimum atomic E-state index is -0.789. The SMILES string of the molecule is CCCCC/C=C\C/C=C\C/C=C\CCCCCCCCC(=O)OCC(COC(=O)CCCCCCCCCCCCCCCCCCCCCCCCCC)OC(=O)CCCCCCCC/C=C\C/C=C\C/C=C\CCCCC. The molecule has 0 aromatic rings. The van der Waals surface area contributed by atoms with Gasteiger partial charge < -0.3 is 14.2 Å². The Kier molecular flexibility index (Phi) is 65.7. The van der Waals surface area contributed by atoms with Crippen molar-refractivity contribution in [2.45, 2.75) is 367 Å².